The number of hydrogen-bond acceptors (Lipinski definition) is 1. The van der Waals surface area contributed by atoms with Gasteiger partial charge in [-0.15, -0.1) is 0 Å². The molecular formula is C14H22FN. The van der Waals surface area contributed by atoms with E-state index in [0.717, 1.165) is 13.0 Å². The molecule has 0 aromatic heterocycles. The zero-order valence-electron chi connectivity index (χ0n) is 10.5. The van der Waals surface area contributed by atoms with Gasteiger partial charge in [0.1, 0.15) is 5.82 Å². The third kappa shape index (κ3) is 3.93. The molecule has 0 saturated carbocycles. The third-order valence-electron chi connectivity index (χ3n) is 3.06. The first-order valence-electron chi connectivity index (χ1n) is 6.16. The van der Waals surface area contributed by atoms with Crippen molar-refractivity contribution in [2.24, 2.45) is 5.92 Å². The number of nitrogens with one attached hydrogen (secondary N) is 1. The minimum atomic E-state index is -0.164. The summed E-state index contributed by atoms with van der Waals surface area (Å²) >= 11 is 0. The Morgan fingerprint density at radius 2 is 1.81 bits per heavy atom. The molecule has 1 rings (SSSR count). The van der Waals surface area contributed by atoms with Gasteiger partial charge in [-0.1, -0.05) is 39.3 Å². The first-order valence-corrected chi connectivity index (χ1v) is 6.16. The van der Waals surface area contributed by atoms with Gasteiger partial charge in [-0.25, -0.2) is 4.39 Å². The lowest BCUT2D eigenvalue weighted by molar-refractivity contribution is 0.408. The fourth-order valence-electron chi connectivity index (χ4n) is 1.85. The van der Waals surface area contributed by atoms with Crippen LogP contribution < -0.4 is 5.32 Å². The van der Waals surface area contributed by atoms with Crippen molar-refractivity contribution in [2.45, 2.75) is 39.7 Å². The van der Waals surface area contributed by atoms with Crippen LogP contribution in [0.15, 0.2) is 24.3 Å². The highest BCUT2D eigenvalue weighted by atomic mass is 19.1. The van der Waals surface area contributed by atoms with Crippen LogP contribution >= 0.6 is 0 Å². The molecule has 0 heterocycles. The summed E-state index contributed by atoms with van der Waals surface area (Å²) in [6.07, 6.45) is 2.29. The molecule has 0 radical (unpaired) electrons. The number of hydrogen-bond donors (Lipinski definition) is 1. The molecule has 1 aromatic carbocycles. The molecule has 0 bridgehead atoms. The Balaban J connectivity index is 2.72. The second-order valence-electron chi connectivity index (χ2n) is 4.41. The quantitative estimate of drug-likeness (QED) is 0.771. The summed E-state index contributed by atoms with van der Waals surface area (Å²) in [6.45, 7) is 7.51. The highest BCUT2D eigenvalue weighted by molar-refractivity contribution is 5.19. The third-order valence-corrected chi connectivity index (χ3v) is 3.06. The molecule has 2 atom stereocenters. The Bertz CT molecular complexity index is 294. The topological polar surface area (TPSA) is 12.0 Å². The maximum Gasteiger partial charge on any atom is 0.123 e. The van der Waals surface area contributed by atoms with Gasteiger partial charge in [-0.05, 0) is 36.6 Å². The van der Waals surface area contributed by atoms with E-state index in [9.17, 15) is 4.39 Å². The smallest absolute Gasteiger partial charge is 0.123 e. The molecule has 1 N–H and O–H groups in total. The average Bonchev–Trinajstić information content (AvgIpc) is 2.29. The molecule has 0 fully saturated rings. The lowest BCUT2D eigenvalue weighted by atomic mass is 9.94. The standard InChI is InChI=1S/C14H22FN/c1-4-11(3)10-14(16-5-2)12-6-8-13(15)9-7-12/h6-9,11,14,16H,4-5,10H2,1-3H3. The van der Waals surface area contributed by atoms with Gasteiger partial charge >= 0.3 is 0 Å². The van der Waals surface area contributed by atoms with E-state index in [2.05, 4.69) is 26.1 Å². The average molecular weight is 223 g/mol. The van der Waals surface area contributed by atoms with E-state index in [1.54, 1.807) is 0 Å². The largest absolute Gasteiger partial charge is 0.310 e. The monoisotopic (exact) mass is 223 g/mol. The predicted octanol–water partition coefficient (Wildman–Crippen LogP) is 3.91. The van der Waals surface area contributed by atoms with Crippen LogP contribution in [0.3, 0.4) is 0 Å². The second-order valence-corrected chi connectivity index (χ2v) is 4.41. The van der Waals surface area contributed by atoms with Crippen LogP contribution in [-0.4, -0.2) is 6.54 Å². The molecule has 0 aliphatic heterocycles. The van der Waals surface area contributed by atoms with Crippen molar-refractivity contribution in [3.05, 3.63) is 35.6 Å². The minimum absolute atomic E-state index is 0.164. The molecule has 0 aliphatic carbocycles. The van der Waals surface area contributed by atoms with E-state index in [-0.39, 0.29) is 5.82 Å². The van der Waals surface area contributed by atoms with Crippen LogP contribution in [0.2, 0.25) is 0 Å². The maximum atomic E-state index is 12.8. The summed E-state index contributed by atoms with van der Waals surface area (Å²) in [4.78, 5) is 0. The normalized spacial score (nSPS) is 14.8. The molecule has 0 amide bonds. The molecule has 0 aliphatic rings. The van der Waals surface area contributed by atoms with Crippen molar-refractivity contribution in [3.63, 3.8) is 0 Å². The Kier molecular flexibility index (Phi) is 5.47. The molecule has 0 saturated heterocycles. The maximum absolute atomic E-state index is 12.8. The lowest BCUT2D eigenvalue weighted by Crippen LogP contribution is -2.22. The van der Waals surface area contributed by atoms with Crippen molar-refractivity contribution in [1.29, 1.82) is 0 Å². The summed E-state index contributed by atoms with van der Waals surface area (Å²) in [6, 6.07) is 7.18. The number of benzene rings is 1. The molecule has 2 unspecified atom stereocenters. The van der Waals surface area contributed by atoms with Gasteiger partial charge < -0.3 is 5.32 Å². The fraction of sp³-hybridized carbons (Fsp3) is 0.571. The highest BCUT2D eigenvalue weighted by Gasteiger charge is 2.13. The van der Waals surface area contributed by atoms with Gasteiger partial charge in [0.15, 0.2) is 0 Å². The van der Waals surface area contributed by atoms with E-state index < -0.39 is 0 Å². The summed E-state index contributed by atoms with van der Waals surface area (Å²) in [5.41, 5.74) is 1.18. The molecule has 90 valence electrons. The molecule has 1 aromatic rings. The van der Waals surface area contributed by atoms with Crippen molar-refractivity contribution in [1.82, 2.24) is 5.32 Å². The van der Waals surface area contributed by atoms with Crippen LogP contribution in [0, 0.1) is 11.7 Å². The second kappa shape index (κ2) is 6.64. The summed E-state index contributed by atoms with van der Waals surface area (Å²) in [7, 11) is 0. The van der Waals surface area contributed by atoms with Crippen LogP contribution in [0.5, 0.6) is 0 Å². The van der Waals surface area contributed by atoms with Crippen LogP contribution in [0.1, 0.15) is 45.2 Å². The summed E-state index contributed by atoms with van der Waals surface area (Å²) < 4.78 is 12.8. The Hall–Kier alpha value is -0.890. The molecular weight excluding hydrogens is 201 g/mol. The van der Waals surface area contributed by atoms with Gasteiger partial charge in [0.05, 0.1) is 0 Å². The zero-order chi connectivity index (χ0) is 12.0. The van der Waals surface area contributed by atoms with Gasteiger partial charge in [-0.3, -0.25) is 0 Å². The molecule has 16 heavy (non-hydrogen) atoms. The van der Waals surface area contributed by atoms with E-state index in [1.165, 1.54) is 24.1 Å². The highest BCUT2D eigenvalue weighted by Crippen LogP contribution is 2.23. The van der Waals surface area contributed by atoms with Crippen LogP contribution in [0.4, 0.5) is 4.39 Å². The summed E-state index contributed by atoms with van der Waals surface area (Å²) in [5.74, 6) is 0.525. The SMILES string of the molecule is CCNC(CC(C)CC)c1ccc(F)cc1. The van der Waals surface area contributed by atoms with Crippen LogP contribution in [-0.2, 0) is 0 Å². The van der Waals surface area contributed by atoms with Crippen molar-refractivity contribution < 1.29 is 4.39 Å². The van der Waals surface area contributed by atoms with E-state index >= 15 is 0 Å². The summed E-state index contributed by atoms with van der Waals surface area (Å²) in [5, 5.41) is 3.46. The van der Waals surface area contributed by atoms with Gasteiger partial charge in [0, 0.05) is 6.04 Å². The van der Waals surface area contributed by atoms with Crippen molar-refractivity contribution in [2.75, 3.05) is 6.54 Å². The predicted molar refractivity (Wildman–Crippen MR) is 66.9 cm³/mol. The number of halogens is 1. The zero-order valence-corrected chi connectivity index (χ0v) is 10.5. The number of rotatable bonds is 6. The van der Waals surface area contributed by atoms with Gasteiger partial charge in [0.25, 0.3) is 0 Å². The van der Waals surface area contributed by atoms with Gasteiger partial charge in [0.2, 0.25) is 0 Å². The minimum Gasteiger partial charge on any atom is -0.310 e. The first-order chi connectivity index (χ1) is 7.67. The Morgan fingerprint density at radius 3 is 2.31 bits per heavy atom. The fourth-order valence-corrected chi connectivity index (χ4v) is 1.85. The Labute approximate surface area is 98.1 Å². The molecule has 0 spiro atoms. The first kappa shape index (κ1) is 13.2. The van der Waals surface area contributed by atoms with Crippen molar-refractivity contribution >= 4 is 0 Å². The van der Waals surface area contributed by atoms with E-state index in [1.807, 2.05) is 12.1 Å². The molecule has 2 heteroatoms. The van der Waals surface area contributed by atoms with Crippen molar-refractivity contribution in [3.8, 4) is 0 Å². The van der Waals surface area contributed by atoms with Gasteiger partial charge in [-0.2, -0.15) is 0 Å². The Morgan fingerprint density at radius 1 is 1.19 bits per heavy atom. The molecule has 1 nitrogen and oxygen atoms in total. The van der Waals surface area contributed by atoms with E-state index in [4.69, 9.17) is 0 Å². The van der Waals surface area contributed by atoms with E-state index in [0.29, 0.717) is 12.0 Å². The lowest BCUT2D eigenvalue weighted by Gasteiger charge is -2.21. The van der Waals surface area contributed by atoms with Crippen LogP contribution in [0.25, 0.3) is 0 Å².